The molecule has 0 heterocycles. The fourth-order valence-electron chi connectivity index (χ4n) is 2.46. The Bertz CT molecular complexity index is 206. The van der Waals surface area contributed by atoms with E-state index >= 15 is 0 Å². The van der Waals surface area contributed by atoms with Crippen molar-refractivity contribution >= 4 is 0 Å². The molecular weight excluding hydrogens is 217 g/mol. The normalized spacial score (nSPS) is 28.3. The molecule has 5 heteroatoms. The minimum absolute atomic E-state index is 0.459. The summed E-state index contributed by atoms with van der Waals surface area (Å²) >= 11 is 0. The summed E-state index contributed by atoms with van der Waals surface area (Å²) in [6.07, 6.45) is -1.46. The van der Waals surface area contributed by atoms with Crippen LogP contribution in [-0.4, -0.2) is 25.3 Å². The summed E-state index contributed by atoms with van der Waals surface area (Å²) in [6.45, 7) is 2.90. The maximum Gasteiger partial charge on any atom is 0.390 e. The van der Waals surface area contributed by atoms with Crippen LogP contribution in [0.5, 0.6) is 0 Å². The third-order valence-corrected chi connectivity index (χ3v) is 3.39. The zero-order valence-electron chi connectivity index (χ0n) is 9.69. The maximum absolute atomic E-state index is 12.1. The first-order chi connectivity index (χ1) is 7.42. The lowest BCUT2D eigenvalue weighted by Crippen LogP contribution is -2.36. The Morgan fingerprint density at radius 3 is 2.50 bits per heavy atom. The first-order valence-corrected chi connectivity index (χ1v) is 5.92. The molecule has 0 radical (unpaired) electrons. The number of hydrogen-bond donors (Lipinski definition) is 2. The Labute approximate surface area is 94.8 Å². The molecule has 0 aliphatic heterocycles. The molecule has 0 bridgehead atoms. The predicted molar refractivity (Wildman–Crippen MR) is 58.0 cm³/mol. The van der Waals surface area contributed by atoms with E-state index < -0.39 is 18.6 Å². The van der Waals surface area contributed by atoms with Gasteiger partial charge in [-0.15, -0.1) is 0 Å². The fourth-order valence-corrected chi connectivity index (χ4v) is 2.46. The van der Waals surface area contributed by atoms with Crippen LogP contribution in [0.2, 0.25) is 0 Å². The molecule has 1 rings (SSSR count). The van der Waals surface area contributed by atoms with E-state index in [0.29, 0.717) is 24.9 Å². The van der Waals surface area contributed by atoms with Crippen molar-refractivity contribution in [3.05, 3.63) is 0 Å². The number of halogens is 3. The largest absolute Gasteiger partial charge is 0.390 e. The van der Waals surface area contributed by atoms with Crippen molar-refractivity contribution < 1.29 is 13.2 Å². The summed E-state index contributed by atoms with van der Waals surface area (Å²) in [7, 11) is 0. The lowest BCUT2D eigenvalue weighted by atomic mass is 9.96. The molecule has 0 aromatic carbocycles. The van der Waals surface area contributed by atoms with Crippen molar-refractivity contribution in [3.8, 4) is 0 Å². The van der Waals surface area contributed by atoms with Crippen LogP contribution in [0.4, 0.5) is 13.2 Å². The monoisotopic (exact) mass is 238 g/mol. The molecule has 0 aromatic rings. The van der Waals surface area contributed by atoms with E-state index in [2.05, 4.69) is 5.32 Å². The van der Waals surface area contributed by atoms with Crippen LogP contribution in [0.15, 0.2) is 0 Å². The Balaban J connectivity index is 2.23. The highest BCUT2D eigenvalue weighted by atomic mass is 19.4. The van der Waals surface area contributed by atoms with Crippen LogP contribution in [0.3, 0.4) is 0 Å². The van der Waals surface area contributed by atoms with Crippen LogP contribution in [0, 0.1) is 11.8 Å². The second kappa shape index (κ2) is 5.87. The fraction of sp³-hybridized carbons (Fsp3) is 1.00. The van der Waals surface area contributed by atoms with Gasteiger partial charge in [0.2, 0.25) is 0 Å². The van der Waals surface area contributed by atoms with Gasteiger partial charge in [-0.1, -0.05) is 6.42 Å². The molecule has 3 atom stereocenters. The highest BCUT2D eigenvalue weighted by molar-refractivity contribution is 4.80. The van der Waals surface area contributed by atoms with Crippen LogP contribution in [0.25, 0.3) is 0 Å². The molecule has 0 spiro atoms. The number of nitrogens with one attached hydrogen (secondary N) is 1. The van der Waals surface area contributed by atoms with Crippen LogP contribution >= 0.6 is 0 Å². The molecule has 1 fully saturated rings. The van der Waals surface area contributed by atoms with E-state index in [0.717, 1.165) is 19.3 Å². The van der Waals surface area contributed by atoms with Crippen molar-refractivity contribution in [3.63, 3.8) is 0 Å². The molecule has 3 unspecified atom stereocenters. The van der Waals surface area contributed by atoms with E-state index in [9.17, 15) is 13.2 Å². The van der Waals surface area contributed by atoms with Crippen molar-refractivity contribution in [2.75, 3.05) is 13.1 Å². The molecule has 96 valence electrons. The van der Waals surface area contributed by atoms with Crippen molar-refractivity contribution in [2.24, 2.45) is 17.6 Å². The van der Waals surface area contributed by atoms with Crippen LogP contribution < -0.4 is 11.1 Å². The average Bonchev–Trinajstić information content (AvgIpc) is 2.59. The summed E-state index contributed by atoms with van der Waals surface area (Å²) in [4.78, 5) is 0. The molecule has 1 aliphatic rings. The van der Waals surface area contributed by atoms with Gasteiger partial charge in [0.25, 0.3) is 0 Å². The summed E-state index contributed by atoms with van der Waals surface area (Å²) in [6, 6.07) is -0.501. The summed E-state index contributed by atoms with van der Waals surface area (Å²) in [5.74, 6) is 0.950. The highest BCUT2D eigenvalue weighted by Crippen LogP contribution is 2.30. The van der Waals surface area contributed by atoms with Crippen LogP contribution in [0.1, 0.15) is 32.6 Å². The van der Waals surface area contributed by atoms with Crippen LogP contribution in [-0.2, 0) is 0 Å². The minimum Gasteiger partial charge on any atom is -0.330 e. The number of nitrogens with two attached hydrogens (primary N) is 1. The summed E-state index contributed by atoms with van der Waals surface area (Å²) in [5, 5.41) is 2.97. The zero-order chi connectivity index (χ0) is 12.2. The standard InChI is InChI=1S/C11H21F3N2/c1-8(5-11(12,13)14)16-7-10-4-2-3-9(10)6-15/h8-10,16H,2-7,15H2,1H3. The number of rotatable bonds is 5. The van der Waals surface area contributed by atoms with Gasteiger partial charge in [0, 0.05) is 6.04 Å². The van der Waals surface area contributed by atoms with E-state index in [1.165, 1.54) is 0 Å². The second-order valence-electron chi connectivity index (χ2n) is 4.82. The number of hydrogen-bond acceptors (Lipinski definition) is 2. The average molecular weight is 238 g/mol. The SMILES string of the molecule is CC(CC(F)(F)F)NCC1CCCC1CN. The van der Waals surface area contributed by atoms with Gasteiger partial charge in [-0.2, -0.15) is 13.2 Å². The van der Waals surface area contributed by atoms with Gasteiger partial charge >= 0.3 is 6.18 Å². The van der Waals surface area contributed by atoms with Gasteiger partial charge in [-0.05, 0) is 44.7 Å². The van der Waals surface area contributed by atoms with Gasteiger partial charge < -0.3 is 11.1 Å². The third-order valence-electron chi connectivity index (χ3n) is 3.39. The molecule has 1 saturated carbocycles. The van der Waals surface area contributed by atoms with Crippen molar-refractivity contribution in [2.45, 2.75) is 44.8 Å². The molecule has 3 N–H and O–H groups in total. The Hall–Kier alpha value is -0.290. The maximum atomic E-state index is 12.1. The van der Waals surface area contributed by atoms with Crippen molar-refractivity contribution in [1.82, 2.24) is 5.32 Å². The first-order valence-electron chi connectivity index (χ1n) is 5.92. The lowest BCUT2D eigenvalue weighted by Gasteiger charge is -2.22. The Morgan fingerprint density at radius 2 is 1.94 bits per heavy atom. The molecule has 2 nitrogen and oxygen atoms in total. The smallest absolute Gasteiger partial charge is 0.330 e. The van der Waals surface area contributed by atoms with Gasteiger partial charge in [-0.25, -0.2) is 0 Å². The molecule has 1 aliphatic carbocycles. The molecule has 16 heavy (non-hydrogen) atoms. The molecule has 0 amide bonds. The van der Waals surface area contributed by atoms with Gasteiger partial charge in [-0.3, -0.25) is 0 Å². The molecular formula is C11H21F3N2. The van der Waals surface area contributed by atoms with Gasteiger partial charge in [0.15, 0.2) is 0 Å². The lowest BCUT2D eigenvalue weighted by molar-refractivity contribution is -0.139. The van der Waals surface area contributed by atoms with E-state index in [1.807, 2.05) is 0 Å². The van der Waals surface area contributed by atoms with Gasteiger partial charge in [0.1, 0.15) is 0 Å². The first kappa shape index (κ1) is 13.8. The Morgan fingerprint density at radius 1 is 1.31 bits per heavy atom. The highest BCUT2D eigenvalue weighted by Gasteiger charge is 2.31. The Kier molecular flexibility index (Phi) is 5.05. The van der Waals surface area contributed by atoms with E-state index in [4.69, 9.17) is 5.73 Å². The number of alkyl halides is 3. The predicted octanol–water partition coefficient (Wildman–Crippen LogP) is 2.29. The van der Waals surface area contributed by atoms with E-state index in [-0.39, 0.29) is 0 Å². The third kappa shape index (κ3) is 4.70. The van der Waals surface area contributed by atoms with Crippen molar-refractivity contribution in [1.29, 1.82) is 0 Å². The topological polar surface area (TPSA) is 38.0 Å². The summed E-state index contributed by atoms with van der Waals surface area (Å²) in [5.41, 5.74) is 5.62. The quantitative estimate of drug-likeness (QED) is 0.771. The minimum atomic E-state index is -4.07. The second-order valence-corrected chi connectivity index (χ2v) is 4.82. The molecule has 0 aromatic heterocycles. The zero-order valence-corrected chi connectivity index (χ0v) is 9.69. The molecule has 0 saturated heterocycles. The van der Waals surface area contributed by atoms with Gasteiger partial charge in [0.05, 0.1) is 6.42 Å². The van der Waals surface area contributed by atoms with E-state index in [1.54, 1.807) is 6.92 Å². The summed E-state index contributed by atoms with van der Waals surface area (Å²) < 4.78 is 36.3.